The topological polar surface area (TPSA) is 71.3 Å². The molecule has 2 N–H and O–H groups in total. The van der Waals surface area contributed by atoms with Gasteiger partial charge in [-0.25, -0.2) is 4.98 Å². The Balaban J connectivity index is 1.46. The molecule has 1 amide bonds. The first-order chi connectivity index (χ1) is 16.4. The number of fused-ring (bicyclic) bond motifs is 1. The van der Waals surface area contributed by atoms with Gasteiger partial charge < -0.3 is 10.6 Å². The second kappa shape index (κ2) is 10.7. The number of aromatic nitrogens is 3. The van der Waals surface area contributed by atoms with E-state index in [1.54, 1.807) is 10.7 Å². The van der Waals surface area contributed by atoms with Crippen LogP contribution in [0.3, 0.4) is 0 Å². The molecule has 0 aliphatic rings. The van der Waals surface area contributed by atoms with Crippen molar-refractivity contribution in [1.29, 1.82) is 0 Å². The highest BCUT2D eigenvalue weighted by molar-refractivity contribution is 6.36. The highest BCUT2D eigenvalue weighted by Crippen LogP contribution is 2.28. The summed E-state index contributed by atoms with van der Waals surface area (Å²) in [5, 5.41) is 11.4. The van der Waals surface area contributed by atoms with Crippen molar-refractivity contribution in [2.45, 2.75) is 39.8 Å². The molecule has 2 aromatic heterocycles. The van der Waals surface area contributed by atoms with Crippen molar-refractivity contribution < 1.29 is 4.79 Å². The summed E-state index contributed by atoms with van der Waals surface area (Å²) in [5.74, 6) is 1.25. The van der Waals surface area contributed by atoms with Gasteiger partial charge in [0, 0.05) is 42.4 Å². The highest BCUT2D eigenvalue weighted by Gasteiger charge is 2.12. The van der Waals surface area contributed by atoms with Crippen molar-refractivity contribution in [3.63, 3.8) is 0 Å². The van der Waals surface area contributed by atoms with E-state index in [4.69, 9.17) is 19.4 Å². The van der Waals surface area contributed by atoms with Gasteiger partial charge >= 0.3 is 0 Å². The third kappa shape index (κ3) is 5.60. The van der Waals surface area contributed by atoms with E-state index in [-0.39, 0.29) is 5.91 Å². The molecule has 1 atom stereocenters. The quantitative estimate of drug-likeness (QED) is 0.352. The largest absolute Gasteiger partial charge is 0.366 e. The third-order valence-corrected chi connectivity index (χ3v) is 6.20. The van der Waals surface area contributed by atoms with Gasteiger partial charge in [0.2, 0.25) is 5.91 Å². The number of rotatable bonds is 9. The molecule has 2 radical (unpaired) electrons. The molecule has 0 saturated heterocycles. The average molecular weight is 472 g/mol. The Morgan fingerprint density at radius 1 is 1.12 bits per heavy atom. The number of halogens is 1. The van der Waals surface area contributed by atoms with Crippen LogP contribution in [0.5, 0.6) is 0 Å². The van der Waals surface area contributed by atoms with Gasteiger partial charge in [0.05, 0.1) is 5.69 Å². The van der Waals surface area contributed by atoms with Gasteiger partial charge in [-0.3, -0.25) is 4.79 Å². The van der Waals surface area contributed by atoms with Crippen molar-refractivity contribution in [3.8, 4) is 11.3 Å². The minimum Gasteiger partial charge on any atom is -0.366 e. The van der Waals surface area contributed by atoms with Crippen LogP contribution in [0.1, 0.15) is 37.8 Å². The maximum Gasteiger partial charge on any atom is 0.220 e. The van der Waals surface area contributed by atoms with E-state index >= 15 is 0 Å². The summed E-state index contributed by atoms with van der Waals surface area (Å²) in [4.78, 5) is 16.7. The van der Waals surface area contributed by atoms with Gasteiger partial charge in [0.15, 0.2) is 5.65 Å². The smallest absolute Gasteiger partial charge is 0.220 e. The Morgan fingerprint density at radius 3 is 2.53 bits per heavy atom. The molecule has 2 aromatic carbocycles. The Morgan fingerprint density at radius 2 is 1.82 bits per heavy atom. The van der Waals surface area contributed by atoms with Crippen LogP contribution in [0.2, 0.25) is 5.02 Å². The monoisotopic (exact) mass is 471 g/mol. The summed E-state index contributed by atoms with van der Waals surface area (Å²) < 4.78 is 1.69. The molecule has 8 heteroatoms. The Kier molecular flexibility index (Phi) is 7.53. The van der Waals surface area contributed by atoms with Gasteiger partial charge in [-0.2, -0.15) is 9.61 Å². The molecule has 0 spiro atoms. The second-order valence-electron chi connectivity index (χ2n) is 8.51. The summed E-state index contributed by atoms with van der Waals surface area (Å²) >= 11 is 6.40. The number of hydrogen-bond acceptors (Lipinski definition) is 4. The Hall–Kier alpha value is -3.32. The maximum atomic E-state index is 12.0. The molecule has 1 unspecified atom stereocenters. The molecule has 172 valence electrons. The van der Waals surface area contributed by atoms with Gasteiger partial charge in [0.25, 0.3) is 0 Å². The zero-order chi connectivity index (χ0) is 24.1. The average Bonchev–Trinajstić information content (AvgIpc) is 3.22. The minimum atomic E-state index is 0.0922. The molecular weight excluding hydrogens is 445 g/mol. The van der Waals surface area contributed by atoms with E-state index in [9.17, 15) is 4.79 Å². The molecule has 0 aliphatic heterocycles. The molecule has 4 rings (SSSR count). The van der Waals surface area contributed by atoms with Crippen LogP contribution in [-0.4, -0.2) is 28.4 Å². The Labute approximate surface area is 206 Å². The molecule has 0 aliphatic carbocycles. The number of anilines is 1. The molecule has 6 nitrogen and oxygen atoms in total. The zero-order valence-electron chi connectivity index (χ0n) is 19.4. The fourth-order valence-corrected chi connectivity index (χ4v) is 3.85. The normalized spacial score (nSPS) is 12.0. The number of carbonyl (C=O) groups is 1. The minimum absolute atomic E-state index is 0.0922. The van der Waals surface area contributed by atoms with Crippen LogP contribution in [0.4, 0.5) is 5.82 Å². The zero-order valence-corrected chi connectivity index (χ0v) is 20.1. The van der Waals surface area contributed by atoms with E-state index in [1.807, 2.05) is 54.6 Å². The summed E-state index contributed by atoms with van der Waals surface area (Å²) in [6.07, 6.45) is 3.16. The number of nitrogens with zero attached hydrogens (tertiary/aromatic N) is 3. The van der Waals surface area contributed by atoms with E-state index < -0.39 is 0 Å². The predicted molar refractivity (Wildman–Crippen MR) is 139 cm³/mol. The lowest BCUT2D eigenvalue weighted by Gasteiger charge is -2.13. The SMILES string of the molecule is [B]c1cnn2c(NCc3ccc(CNC(=O)CC(C)CC)cc3)cc(-c3ccccc3Cl)nc12. The molecule has 4 aromatic rings. The molecule has 2 heterocycles. The number of benzene rings is 2. The molecule has 0 bridgehead atoms. The predicted octanol–water partition coefficient (Wildman–Crippen LogP) is 4.51. The summed E-state index contributed by atoms with van der Waals surface area (Å²) in [7, 11) is 6.10. The van der Waals surface area contributed by atoms with Crippen molar-refractivity contribution in [1.82, 2.24) is 19.9 Å². The first kappa shape index (κ1) is 23.8. The number of amides is 1. The van der Waals surface area contributed by atoms with E-state index in [1.165, 1.54) is 0 Å². The highest BCUT2D eigenvalue weighted by atomic mass is 35.5. The molecule has 0 saturated carbocycles. The molecule has 0 fully saturated rings. The fourth-order valence-electron chi connectivity index (χ4n) is 3.61. The second-order valence-corrected chi connectivity index (χ2v) is 8.91. The molecule has 34 heavy (non-hydrogen) atoms. The van der Waals surface area contributed by atoms with Crippen molar-refractivity contribution in [3.05, 3.63) is 76.9 Å². The number of hydrogen-bond donors (Lipinski definition) is 2. The van der Waals surface area contributed by atoms with Gasteiger partial charge in [0.1, 0.15) is 13.7 Å². The summed E-state index contributed by atoms with van der Waals surface area (Å²) in [6.45, 7) is 5.30. The van der Waals surface area contributed by atoms with E-state index in [2.05, 4.69) is 34.6 Å². The summed E-state index contributed by atoms with van der Waals surface area (Å²) in [5.41, 5.74) is 4.78. The number of carbonyl (C=O) groups excluding carboxylic acids is 1. The van der Waals surface area contributed by atoms with Crippen LogP contribution in [-0.2, 0) is 17.9 Å². The molecular formula is C26H27BClN5O. The van der Waals surface area contributed by atoms with E-state index in [0.29, 0.717) is 41.6 Å². The van der Waals surface area contributed by atoms with Gasteiger partial charge in [-0.05, 0) is 28.6 Å². The van der Waals surface area contributed by atoms with Crippen molar-refractivity contribution in [2.75, 3.05) is 5.32 Å². The lowest BCUT2D eigenvalue weighted by molar-refractivity contribution is -0.122. The lowest BCUT2D eigenvalue weighted by atomic mass is 10.0. The standard InChI is InChI=1S/C26H27BClN5O/c1-3-17(2)12-25(34)30-15-19-10-8-18(9-11-19)14-29-24-13-23(20-6-4-5-7-22(20)28)32-26-21(27)16-31-33(24)26/h4-11,13,16-17,29H,3,12,14-15H2,1-2H3,(H,30,34). The van der Waals surface area contributed by atoms with Crippen LogP contribution < -0.4 is 16.1 Å². The number of nitrogens with one attached hydrogen (secondary N) is 2. The van der Waals surface area contributed by atoms with Gasteiger partial charge in [-0.15, -0.1) is 0 Å². The maximum absolute atomic E-state index is 12.0. The van der Waals surface area contributed by atoms with E-state index in [0.717, 1.165) is 34.6 Å². The Bertz CT molecular complexity index is 1290. The fraction of sp³-hybridized carbons (Fsp3) is 0.269. The lowest BCUT2D eigenvalue weighted by Crippen LogP contribution is -2.24. The van der Waals surface area contributed by atoms with Crippen molar-refractivity contribution >= 4 is 42.3 Å². The van der Waals surface area contributed by atoms with Crippen LogP contribution in [0.25, 0.3) is 16.9 Å². The van der Waals surface area contributed by atoms with Crippen LogP contribution in [0.15, 0.2) is 60.8 Å². The third-order valence-electron chi connectivity index (χ3n) is 5.87. The van der Waals surface area contributed by atoms with Crippen LogP contribution in [0, 0.1) is 5.92 Å². The van der Waals surface area contributed by atoms with Gasteiger partial charge in [-0.1, -0.05) is 74.3 Å². The summed E-state index contributed by atoms with van der Waals surface area (Å²) in [6, 6.07) is 17.7. The first-order valence-corrected chi connectivity index (χ1v) is 11.8. The van der Waals surface area contributed by atoms with Crippen molar-refractivity contribution in [2.24, 2.45) is 5.92 Å². The first-order valence-electron chi connectivity index (χ1n) is 11.4. The van der Waals surface area contributed by atoms with Crippen LogP contribution >= 0.6 is 11.6 Å².